The Kier molecular flexibility index (Phi) is 8.78. The van der Waals surface area contributed by atoms with Gasteiger partial charge in [-0.3, -0.25) is 23.9 Å². The predicted molar refractivity (Wildman–Crippen MR) is 181 cm³/mol. The minimum absolute atomic E-state index is 0.0239. The van der Waals surface area contributed by atoms with Crippen LogP contribution in [0.15, 0.2) is 65.8 Å². The first-order chi connectivity index (χ1) is 22.5. The summed E-state index contributed by atoms with van der Waals surface area (Å²) < 4.78 is 8.12. The first kappa shape index (κ1) is 30.4. The number of pyridine rings is 1. The van der Waals surface area contributed by atoms with Crippen molar-refractivity contribution >= 4 is 40.8 Å². The summed E-state index contributed by atoms with van der Waals surface area (Å²) in [5, 5.41) is 0.665. The minimum Gasteiger partial charge on any atom is -0.493 e. The summed E-state index contributed by atoms with van der Waals surface area (Å²) in [5.41, 5.74) is 4.57. The molecule has 7 rings (SSSR count). The van der Waals surface area contributed by atoms with Gasteiger partial charge in [-0.1, -0.05) is 17.7 Å². The molecule has 46 heavy (non-hydrogen) atoms. The summed E-state index contributed by atoms with van der Waals surface area (Å²) in [6.07, 6.45) is 8.97. The van der Waals surface area contributed by atoms with Crippen molar-refractivity contribution < 1.29 is 14.3 Å². The van der Waals surface area contributed by atoms with Crippen molar-refractivity contribution in [1.82, 2.24) is 24.1 Å². The highest BCUT2D eigenvalue weighted by Gasteiger charge is 2.32. The van der Waals surface area contributed by atoms with Gasteiger partial charge in [-0.15, -0.1) is 0 Å². The molecule has 0 saturated carbocycles. The number of carbonyl (C=O) groups excluding carboxylic acids is 2. The van der Waals surface area contributed by atoms with Gasteiger partial charge in [0.2, 0.25) is 0 Å². The number of nitrogens with zero attached hydrogens (tertiary/aromatic N) is 6. The fraction of sp³-hybridized carbons (Fsp3) is 0.389. The summed E-state index contributed by atoms with van der Waals surface area (Å²) >= 11 is 6.10. The van der Waals surface area contributed by atoms with Crippen LogP contribution in [0.25, 0.3) is 16.9 Å². The molecule has 5 heterocycles. The molecule has 2 amide bonds. The van der Waals surface area contributed by atoms with Gasteiger partial charge in [-0.05, 0) is 93.6 Å². The lowest BCUT2D eigenvalue weighted by Crippen LogP contribution is -2.49. The Morgan fingerprint density at radius 2 is 1.83 bits per heavy atom. The van der Waals surface area contributed by atoms with E-state index in [1.165, 1.54) is 0 Å². The van der Waals surface area contributed by atoms with E-state index in [1.807, 2.05) is 88.1 Å². The lowest BCUT2D eigenvalue weighted by atomic mass is 10.1. The zero-order valence-corrected chi connectivity index (χ0v) is 27.0. The number of aryl methyl sites for hydroxylation is 1. The normalized spacial score (nSPS) is 18.1. The number of imidazole rings is 1. The smallest absolute Gasteiger partial charge is 0.274 e. The van der Waals surface area contributed by atoms with Gasteiger partial charge < -0.3 is 14.5 Å². The molecule has 238 valence electrons. The van der Waals surface area contributed by atoms with Crippen molar-refractivity contribution in [2.75, 3.05) is 45.9 Å². The second-order valence-electron chi connectivity index (χ2n) is 12.4. The molecule has 2 saturated heterocycles. The van der Waals surface area contributed by atoms with Crippen molar-refractivity contribution in [2.45, 2.75) is 45.1 Å². The van der Waals surface area contributed by atoms with Crippen LogP contribution in [-0.4, -0.2) is 94.0 Å². The summed E-state index contributed by atoms with van der Waals surface area (Å²) in [6, 6.07) is 17.3. The standard InChI is InChI=1S/C36H39ClN6O3/c1-25-22-29-30(38-24-28-8-7-16-42(28)35(29)44)23-32(25)46-21-6-2-4-14-40-17-19-41(20-18-40)36(45)33-31-9-3-5-15-43(31)34(39-33)26-10-12-27(37)13-11-26/h3,5,9-13,15,22-24,28H,2,4,6-8,14,16-21H2,1H3/t28-/m0/s1. The number of hydrogen-bond donors (Lipinski definition) is 0. The molecule has 2 aromatic heterocycles. The molecular formula is C36H39ClN6O3. The molecule has 1 atom stereocenters. The number of rotatable bonds is 9. The van der Waals surface area contributed by atoms with Crippen LogP contribution in [0.5, 0.6) is 5.75 Å². The highest BCUT2D eigenvalue weighted by atomic mass is 35.5. The van der Waals surface area contributed by atoms with Crippen molar-refractivity contribution in [3.8, 4) is 17.1 Å². The Hall–Kier alpha value is -4.21. The average Bonchev–Trinajstić information content (AvgIpc) is 3.69. The van der Waals surface area contributed by atoms with Gasteiger partial charge in [0.1, 0.15) is 11.6 Å². The Labute approximate surface area is 274 Å². The van der Waals surface area contributed by atoms with Crippen molar-refractivity contribution in [3.63, 3.8) is 0 Å². The second-order valence-corrected chi connectivity index (χ2v) is 12.8. The number of carbonyl (C=O) groups is 2. The number of ether oxygens (including phenoxy) is 1. The second kappa shape index (κ2) is 13.3. The van der Waals surface area contributed by atoms with Crippen LogP contribution in [-0.2, 0) is 0 Å². The molecule has 2 fully saturated rings. The first-order valence-corrected chi connectivity index (χ1v) is 16.7. The Morgan fingerprint density at radius 3 is 2.65 bits per heavy atom. The number of hydrogen-bond acceptors (Lipinski definition) is 6. The zero-order valence-electron chi connectivity index (χ0n) is 26.2. The molecule has 0 aliphatic carbocycles. The molecule has 3 aliphatic heterocycles. The Morgan fingerprint density at radius 1 is 1.00 bits per heavy atom. The van der Waals surface area contributed by atoms with Crippen molar-refractivity contribution in [1.29, 1.82) is 0 Å². The number of unbranched alkanes of at least 4 members (excludes halogenated alkanes) is 2. The number of halogens is 1. The van der Waals surface area contributed by atoms with Gasteiger partial charge in [-0.25, -0.2) is 4.98 Å². The van der Waals surface area contributed by atoms with Crippen LogP contribution in [0, 0.1) is 6.92 Å². The van der Waals surface area contributed by atoms with Gasteiger partial charge in [0.05, 0.1) is 29.4 Å². The van der Waals surface area contributed by atoms with Crippen molar-refractivity contribution in [3.05, 3.63) is 82.6 Å². The monoisotopic (exact) mass is 638 g/mol. The zero-order chi connectivity index (χ0) is 31.6. The largest absolute Gasteiger partial charge is 0.493 e. The molecule has 0 N–H and O–H groups in total. The highest BCUT2D eigenvalue weighted by Crippen LogP contribution is 2.34. The van der Waals surface area contributed by atoms with E-state index >= 15 is 0 Å². The average molecular weight is 639 g/mol. The lowest BCUT2D eigenvalue weighted by molar-refractivity contribution is 0.0631. The third-order valence-corrected chi connectivity index (χ3v) is 9.61. The summed E-state index contributed by atoms with van der Waals surface area (Å²) in [4.78, 5) is 42.4. The Bertz CT molecular complexity index is 1780. The maximum Gasteiger partial charge on any atom is 0.274 e. The molecule has 4 aromatic rings. The van der Waals surface area contributed by atoms with Gasteiger partial charge >= 0.3 is 0 Å². The number of aromatic nitrogens is 2. The predicted octanol–water partition coefficient (Wildman–Crippen LogP) is 6.29. The summed E-state index contributed by atoms with van der Waals surface area (Å²) in [5.74, 6) is 1.59. The van der Waals surface area contributed by atoms with Gasteiger partial charge in [-0.2, -0.15) is 0 Å². The van der Waals surface area contributed by atoms with Crippen LogP contribution >= 0.6 is 11.6 Å². The van der Waals surface area contributed by atoms with E-state index in [2.05, 4.69) is 9.89 Å². The van der Waals surface area contributed by atoms with Gasteiger partial charge in [0.25, 0.3) is 11.8 Å². The van der Waals surface area contributed by atoms with Gasteiger partial charge in [0.15, 0.2) is 5.69 Å². The number of fused-ring (bicyclic) bond motifs is 3. The Balaban J connectivity index is 0.873. The van der Waals surface area contributed by atoms with Crippen LogP contribution in [0.1, 0.15) is 58.5 Å². The molecule has 0 unspecified atom stereocenters. The van der Waals surface area contributed by atoms with Crippen LogP contribution < -0.4 is 4.74 Å². The first-order valence-electron chi connectivity index (χ1n) is 16.3. The molecule has 2 aromatic carbocycles. The van der Waals surface area contributed by atoms with Crippen molar-refractivity contribution in [2.24, 2.45) is 4.99 Å². The molecule has 0 spiro atoms. The lowest BCUT2D eigenvalue weighted by Gasteiger charge is -2.34. The number of aliphatic imine (C=N–C) groups is 1. The minimum atomic E-state index is -0.0239. The van der Waals surface area contributed by atoms with E-state index in [1.54, 1.807) is 0 Å². The molecule has 9 nitrogen and oxygen atoms in total. The van der Waals surface area contributed by atoms with Crippen LogP contribution in [0.3, 0.4) is 0 Å². The van der Waals surface area contributed by atoms with Crippen LogP contribution in [0.4, 0.5) is 5.69 Å². The molecule has 0 bridgehead atoms. The summed E-state index contributed by atoms with van der Waals surface area (Å²) in [7, 11) is 0. The van der Waals surface area contributed by atoms with E-state index in [9.17, 15) is 9.59 Å². The molecule has 10 heteroatoms. The van der Waals surface area contributed by atoms with E-state index in [-0.39, 0.29) is 17.9 Å². The fourth-order valence-corrected chi connectivity index (χ4v) is 6.88. The number of benzene rings is 2. The summed E-state index contributed by atoms with van der Waals surface area (Å²) in [6.45, 7) is 7.50. The third kappa shape index (κ3) is 6.13. The quantitative estimate of drug-likeness (QED) is 0.201. The van der Waals surface area contributed by atoms with E-state index in [4.69, 9.17) is 21.3 Å². The highest BCUT2D eigenvalue weighted by molar-refractivity contribution is 6.30. The fourth-order valence-electron chi connectivity index (χ4n) is 6.75. The molecule has 3 aliphatic rings. The third-order valence-electron chi connectivity index (χ3n) is 9.36. The van der Waals surface area contributed by atoms with Crippen LogP contribution in [0.2, 0.25) is 5.02 Å². The SMILES string of the molecule is Cc1cc2c(cc1OCCCCCN1CCN(C(=O)c3nc(-c4ccc(Cl)cc4)n4ccccc34)CC1)N=C[C@@H]1CCCN1C2=O. The van der Waals surface area contributed by atoms with E-state index < -0.39 is 0 Å². The topological polar surface area (TPSA) is 82.8 Å². The van der Waals surface area contributed by atoms with E-state index in [0.717, 1.165) is 86.5 Å². The maximum atomic E-state index is 13.6. The molecule has 0 radical (unpaired) electrons. The number of piperazine rings is 1. The maximum absolute atomic E-state index is 13.6. The van der Waals surface area contributed by atoms with Gasteiger partial charge in [0, 0.05) is 61.8 Å². The number of amides is 2. The molecular weight excluding hydrogens is 600 g/mol. The van der Waals surface area contributed by atoms with E-state index in [0.29, 0.717) is 41.7 Å².